The van der Waals surface area contributed by atoms with Crippen LogP contribution in [0.15, 0.2) is 30.5 Å². The predicted octanol–water partition coefficient (Wildman–Crippen LogP) is 4.63. The maximum atomic E-state index is 6.13. The Morgan fingerprint density at radius 2 is 1.94 bits per heavy atom. The maximum absolute atomic E-state index is 6.13. The summed E-state index contributed by atoms with van der Waals surface area (Å²) in [6, 6.07) is 7.47. The summed E-state index contributed by atoms with van der Waals surface area (Å²) in [7, 11) is 1.64. The molecule has 2 aromatic rings. The molecule has 0 fully saturated rings. The standard InChI is InChI=1S/C14H13Cl2NO/c1-3-10-11(6-7-17-14(10)16)12-8-9(15)4-5-13(12)18-2/h4-8H,3H2,1-2H3. The highest BCUT2D eigenvalue weighted by molar-refractivity contribution is 6.31. The number of hydrogen-bond acceptors (Lipinski definition) is 2. The second-order valence-electron chi connectivity index (χ2n) is 3.83. The van der Waals surface area contributed by atoms with E-state index in [1.165, 1.54) is 0 Å². The zero-order valence-electron chi connectivity index (χ0n) is 10.2. The molecule has 0 aliphatic rings. The minimum atomic E-state index is 0.525. The molecule has 94 valence electrons. The number of ether oxygens (including phenoxy) is 1. The second-order valence-corrected chi connectivity index (χ2v) is 4.62. The van der Waals surface area contributed by atoms with E-state index in [9.17, 15) is 0 Å². The van der Waals surface area contributed by atoms with E-state index in [4.69, 9.17) is 27.9 Å². The fourth-order valence-electron chi connectivity index (χ4n) is 1.95. The van der Waals surface area contributed by atoms with Gasteiger partial charge in [0, 0.05) is 16.8 Å². The van der Waals surface area contributed by atoms with Gasteiger partial charge < -0.3 is 4.74 Å². The maximum Gasteiger partial charge on any atom is 0.132 e. The summed E-state index contributed by atoms with van der Waals surface area (Å²) in [5.41, 5.74) is 2.95. The highest BCUT2D eigenvalue weighted by Crippen LogP contribution is 2.36. The van der Waals surface area contributed by atoms with Crippen molar-refractivity contribution >= 4 is 23.2 Å². The van der Waals surface area contributed by atoms with E-state index in [0.29, 0.717) is 10.2 Å². The SMILES string of the molecule is CCc1c(-c2cc(Cl)ccc2OC)ccnc1Cl. The molecule has 1 aromatic carbocycles. The van der Waals surface area contributed by atoms with Crippen LogP contribution in [0.2, 0.25) is 10.2 Å². The first-order valence-electron chi connectivity index (χ1n) is 5.64. The number of hydrogen-bond donors (Lipinski definition) is 0. The fraction of sp³-hybridized carbons (Fsp3) is 0.214. The average Bonchev–Trinajstić information content (AvgIpc) is 2.38. The molecule has 0 atom stereocenters. The second kappa shape index (κ2) is 5.59. The number of nitrogens with zero attached hydrogens (tertiary/aromatic N) is 1. The van der Waals surface area contributed by atoms with Crippen LogP contribution in [0, 0.1) is 0 Å². The van der Waals surface area contributed by atoms with Gasteiger partial charge in [-0.2, -0.15) is 0 Å². The molecule has 0 radical (unpaired) electrons. The molecule has 0 aliphatic heterocycles. The van der Waals surface area contributed by atoms with Crippen molar-refractivity contribution in [3.8, 4) is 16.9 Å². The quantitative estimate of drug-likeness (QED) is 0.766. The molecule has 2 nitrogen and oxygen atoms in total. The minimum absolute atomic E-state index is 0.525. The van der Waals surface area contributed by atoms with Crippen molar-refractivity contribution in [2.24, 2.45) is 0 Å². The fourth-order valence-corrected chi connectivity index (χ4v) is 2.41. The summed E-state index contributed by atoms with van der Waals surface area (Å²) in [5.74, 6) is 0.774. The molecule has 1 aromatic heterocycles. The Morgan fingerprint density at radius 3 is 2.61 bits per heavy atom. The van der Waals surface area contributed by atoms with Crippen LogP contribution in [0.1, 0.15) is 12.5 Å². The number of rotatable bonds is 3. The zero-order chi connectivity index (χ0) is 13.1. The number of aromatic nitrogens is 1. The lowest BCUT2D eigenvalue weighted by molar-refractivity contribution is 0.416. The van der Waals surface area contributed by atoms with E-state index in [1.807, 2.05) is 25.1 Å². The van der Waals surface area contributed by atoms with Crippen molar-refractivity contribution in [1.82, 2.24) is 4.98 Å². The molecule has 0 bridgehead atoms. The van der Waals surface area contributed by atoms with Gasteiger partial charge in [0.15, 0.2) is 0 Å². The van der Waals surface area contributed by atoms with Crippen molar-refractivity contribution in [1.29, 1.82) is 0 Å². The lowest BCUT2D eigenvalue weighted by atomic mass is 9.99. The molecule has 4 heteroatoms. The minimum Gasteiger partial charge on any atom is -0.496 e. The van der Waals surface area contributed by atoms with E-state index in [0.717, 1.165) is 28.9 Å². The molecule has 1 heterocycles. The van der Waals surface area contributed by atoms with Crippen LogP contribution in [-0.2, 0) is 6.42 Å². The van der Waals surface area contributed by atoms with Gasteiger partial charge in [0.25, 0.3) is 0 Å². The zero-order valence-corrected chi connectivity index (χ0v) is 11.7. The first kappa shape index (κ1) is 13.2. The third kappa shape index (κ3) is 2.45. The molecule has 0 amide bonds. The van der Waals surface area contributed by atoms with Crippen LogP contribution in [0.3, 0.4) is 0 Å². The van der Waals surface area contributed by atoms with Crippen molar-refractivity contribution in [3.63, 3.8) is 0 Å². The topological polar surface area (TPSA) is 22.1 Å². The van der Waals surface area contributed by atoms with Gasteiger partial charge in [0.05, 0.1) is 7.11 Å². The summed E-state index contributed by atoms with van der Waals surface area (Å²) in [5, 5.41) is 1.19. The van der Waals surface area contributed by atoms with Crippen LogP contribution >= 0.6 is 23.2 Å². The van der Waals surface area contributed by atoms with Crippen LogP contribution in [-0.4, -0.2) is 12.1 Å². The molecular formula is C14H13Cl2NO. The monoisotopic (exact) mass is 281 g/mol. The van der Waals surface area contributed by atoms with Crippen molar-refractivity contribution < 1.29 is 4.74 Å². The Labute approximate surface area is 117 Å². The molecule has 0 N–H and O–H groups in total. The van der Waals surface area contributed by atoms with E-state index < -0.39 is 0 Å². The van der Waals surface area contributed by atoms with Gasteiger partial charge >= 0.3 is 0 Å². The third-order valence-corrected chi connectivity index (χ3v) is 3.37. The average molecular weight is 282 g/mol. The van der Waals surface area contributed by atoms with Gasteiger partial charge in [0.1, 0.15) is 10.9 Å². The summed E-state index contributed by atoms with van der Waals surface area (Å²) in [6.07, 6.45) is 2.49. The molecule has 0 spiro atoms. The van der Waals surface area contributed by atoms with E-state index in [2.05, 4.69) is 4.98 Å². The Kier molecular flexibility index (Phi) is 4.10. The third-order valence-electron chi connectivity index (χ3n) is 2.81. The summed E-state index contributed by atoms with van der Waals surface area (Å²) in [4.78, 5) is 4.11. The van der Waals surface area contributed by atoms with Crippen LogP contribution in [0.5, 0.6) is 5.75 Å². The molecule has 0 saturated heterocycles. The Morgan fingerprint density at radius 1 is 1.17 bits per heavy atom. The molecule has 0 saturated carbocycles. The molecule has 18 heavy (non-hydrogen) atoms. The molecule has 2 rings (SSSR count). The highest BCUT2D eigenvalue weighted by Gasteiger charge is 2.13. The van der Waals surface area contributed by atoms with Crippen LogP contribution < -0.4 is 4.74 Å². The number of halogens is 2. The first-order valence-corrected chi connectivity index (χ1v) is 6.40. The van der Waals surface area contributed by atoms with Gasteiger partial charge in [-0.1, -0.05) is 30.1 Å². The normalized spacial score (nSPS) is 10.4. The lowest BCUT2D eigenvalue weighted by Gasteiger charge is -2.13. The summed E-state index contributed by atoms with van der Waals surface area (Å²) >= 11 is 12.2. The highest BCUT2D eigenvalue weighted by atomic mass is 35.5. The van der Waals surface area contributed by atoms with Gasteiger partial charge in [-0.25, -0.2) is 4.98 Å². The van der Waals surface area contributed by atoms with Gasteiger partial charge in [-0.3, -0.25) is 0 Å². The number of methoxy groups -OCH3 is 1. The van der Waals surface area contributed by atoms with Crippen LogP contribution in [0.25, 0.3) is 11.1 Å². The van der Waals surface area contributed by atoms with Gasteiger partial charge in [0.2, 0.25) is 0 Å². The largest absolute Gasteiger partial charge is 0.496 e. The Hall–Kier alpha value is -1.25. The van der Waals surface area contributed by atoms with Crippen molar-refractivity contribution in [3.05, 3.63) is 46.2 Å². The lowest BCUT2D eigenvalue weighted by Crippen LogP contribution is -1.94. The van der Waals surface area contributed by atoms with Crippen molar-refractivity contribution in [2.75, 3.05) is 7.11 Å². The number of benzene rings is 1. The van der Waals surface area contributed by atoms with E-state index in [-0.39, 0.29) is 0 Å². The first-order chi connectivity index (χ1) is 8.67. The van der Waals surface area contributed by atoms with Crippen molar-refractivity contribution in [2.45, 2.75) is 13.3 Å². The summed E-state index contributed by atoms with van der Waals surface area (Å²) in [6.45, 7) is 2.05. The molecular weight excluding hydrogens is 269 g/mol. The van der Waals surface area contributed by atoms with E-state index >= 15 is 0 Å². The molecule has 0 aliphatic carbocycles. The van der Waals surface area contributed by atoms with E-state index in [1.54, 1.807) is 19.4 Å². The molecule has 0 unspecified atom stereocenters. The predicted molar refractivity (Wildman–Crippen MR) is 75.6 cm³/mol. The smallest absolute Gasteiger partial charge is 0.132 e. The Bertz CT molecular complexity index is 570. The summed E-state index contributed by atoms with van der Waals surface area (Å²) < 4.78 is 5.37. The van der Waals surface area contributed by atoms with Crippen LogP contribution in [0.4, 0.5) is 0 Å². The number of pyridine rings is 1. The van der Waals surface area contributed by atoms with Gasteiger partial charge in [-0.15, -0.1) is 0 Å². The Balaban J connectivity index is 2.68. The van der Waals surface area contributed by atoms with Gasteiger partial charge in [-0.05, 0) is 41.8 Å².